The summed E-state index contributed by atoms with van der Waals surface area (Å²) in [6.45, 7) is 0. The van der Waals surface area contributed by atoms with Crippen LogP contribution in [0.25, 0.3) is 0 Å². The Morgan fingerprint density at radius 3 is 2.23 bits per heavy atom. The SMILES string of the molecule is NC1CS(=O)(=O)CC1SS(=O)(=O)O. The van der Waals surface area contributed by atoms with Crippen LogP contribution >= 0.6 is 10.8 Å². The fourth-order valence-electron chi connectivity index (χ4n) is 1.10. The molecule has 0 aliphatic carbocycles. The van der Waals surface area contributed by atoms with Crippen molar-refractivity contribution in [2.45, 2.75) is 11.3 Å². The van der Waals surface area contributed by atoms with Gasteiger partial charge in [-0.2, -0.15) is 8.42 Å². The first kappa shape index (κ1) is 11.2. The molecule has 78 valence electrons. The number of hydrogen-bond acceptors (Lipinski definition) is 6. The van der Waals surface area contributed by atoms with Crippen molar-refractivity contribution in [2.75, 3.05) is 11.5 Å². The van der Waals surface area contributed by atoms with Crippen molar-refractivity contribution < 1.29 is 21.4 Å². The minimum absolute atomic E-state index is 0.198. The highest BCUT2D eigenvalue weighted by Crippen LogP contribution is 2.27. The molecule has 1 saturated heterocycles. The van der Waals surface area contributed by atoms with Gasteiger partial charge in [0.1, 0.15) is 0 Å². The maximum Gasteiger partial charge on any atom is 0.320 e. The fourth-order valence-corrected chi connectivity index (χ4v) is 6.18. The molecule has 1 fully saturated rings. The molecule has 13 heavy (non-hydrogen) atoms. The van der Waals surface area contributed by atoms with E-state index < -0.39 is 30.3 Å². The van der Waals surface area contributed by atoms with Gasteiger partial charge in [-0.25, -0.2) is 8.42 Å². The molecule has 3 N–H and O–H groups in total. The van der Waals surface area contributed by atoms with Crippen LogP contribution in [0.4, 0.5) is 0 Å². The highest BCUT2D eigenvalue weighted by Gasteiger charge is 2.38. The fraction of sp³-hybridized carbons (Fsp3) is 1.00. The molecule has 9 heteroatoms. The van der Waals surface area contributed by atoms with Crippen LogP contribution in [-0.4, -0.2) is 44.2 Å². The van der Waals surface area contributed by atoms with Gasteiger partial charge in [0.15, 0.2) is 9.84 Å². The standard InChI is InChI=1S/C4H9NO5S3/c5-3-1-12(6,7)2-4(3)11-13(8,9)10/h3-4H,1-2,5H2,(H,8,9,10). The molecule has 1 heterocycles. The summed E-state index contributed by atoms with van der Waals surface area (Å²) in [5.74, 6) is -0.515. The predicted octanol–water partition coefficient (Wildman–Crippen LogP) is -1.35. The Kier molecular flexibility index (Phi) is 2.93. The van der Waals surface area contributed by atoms with Crippen molar-refractivity contribution in [1.29, 1.82) is 0 Å². The van der Waals surface area contributed by atoms with Crippen LogP contribution < -0.4 is 5.73 Å². The normalized spacial score (nSPS) is 33.4. The number of hydrogen-bond donors (Lipinski definition) is 2. The van der Waals surface area contributed by atoms with Crippen LogP contribution in [0.1, 0.15) is 0 Å². The molecule has 0 bridgehead atoms. The van der Waals surface area contributed by atoms with E-state index in [4.69, 9.17) is 10.3 Å². The third kappa shape index (κ3) is 3.43. The van der Waals surface area contributed by atoms with E-state index in [9.17, 15) is 16.8 Å². The lowest BCUT2D eigenvalue weighted by Gasteiger charge is -2.08. The molecule has 1 aliphatic heterocycles. The lowest BCUT2D eigenvalue weighted by atomic mass is 10.3. The molecule has 2 atom stereocenters. The van der Waals surface area contributed by atoms with Gasteiger partial charge in [-0.15, -0.1) is 0 Å². The van der Waals surface area contributed by atoms with Crippen molar-refractivity contribution in [3.8, 4) is 0 Å². The Morgan fingerprint density at radius 2 is 1.92 bits per heavy atom. The van der Waals surface area contributed by atoms with Crippen LogP contribution in [0.5, 0.6) is 0 Å². The van der Waals surface area contributed by atoms with Crippen LogP contribution in [0.15, 0.2) is 0 Å². The number of sulfone groups is 1. The lowest BCUT2D eigenvalue weighted by molar-refractivity contribution is 0.502. The van der Waals surface area contributed by atoms with E-state index in [1.54, 1.807) is 0 Å². The van der Waals surface area contributed by atoms with E-state index in [1.165, 1.54) is 0 Å². The maximum absolute atomic E-state index is 11.0. The molecule has 0 saturated carbocycles. The summed E-state index contributed by atoms with van der Waals surface area (Å²) in [5, 5.41) is -0.764. The molecule has 0 spiro atoms. The Hall–Kier alpha value is 0.170. The van der Waals surface area contributed by atoms with Crippen LogP contribution in [-0.2, 0) is 19.0 Å². The van der Waals surface area contributed by atoms with Crippen LogP contribution in [0.2, 0.25) is 0 Å². The van der Waals surface area contributed by atoms with Crippen LogP contribution in [0, 0.1) is 0 Å². The van der Waals surface area contributed by atoms with Gasteiger partial charge in [-0.05, 0) is 0 Å². The molecular weight excluding hydrogens is 238 g/mol. The van der Waals surface area contributed by atoms with Crippen LogP contribution in [0.3, 0.4) is 0 Å². The van der Waals surface area contributed by atoms with Gasteiger partial charge < -0.3 is 5.73 Å². The quantitative estimate of drug-likeness (QED) is 0.458. The average Bonchev–Trinajstić information content (AvgIpc) is 2.00. The van der Waals surface area contributed by atoms with Gasteiger partial charge in [0.05, 0.1) is 16.8 Å². The van der Waals surface area contributed by atoms with Gasteiger partial charge in [-0.3, -0.25) is 4.55 Å². The van der Waals surface area contributed by atoms with E-state index in [1.807, 2.05) is 0 Å². The summed E-state index contributed by atoms with van der Waals surface area (Å²) in [5.41, 5.74) is 5.39. The minimum Gasteiger partial charge on any atom is -0.326 e. The second-order valence-corrected chi connectivity index (χ2v) is 8.45. The zero-order valence-electron chi connectivity index (χ0n) is 6.45. The molecule has 1 aliphatic rings. The average molecular weight is 247 g/mol. The monoisotopic (exact) mass is 247 g/mol. The zero-order chi connectivity index (χ0) is 10.3. The molecule has 6 nitrogen and oxygen atoms in total. The van der Waals surface area contributed by atoms with Gasteiger partial charge in [0, 0.05) is 16.8 Å². The second-order valence-electron chi connectivity index (χ2n) is 2.80. The minimum atomic E-state index is -4.22. The molecule has 0 aromatic carbocycles. The van der Waals surface area contributed by atoms with E-state index in [-0.39, 0.29) is 22.3 Å². The summed E-state index contributed by atoms with van der Waals surface area (Å²) in [4.78, 5) is 0. The Balaban J connectivity index is 2.76. The summed E-state index contributed by atoms with van der Waals surface area (Å²) < 4.78 is 51.2. The Morgan fingerprint density at radius 1 is 1.38 bits per heavy atom. The summed E-state index contributed by atoms with van der Waals surface area (Å²) in [6.07, 6.45) is 0. The first-order valence-corrected chi connectivity index (χ1v) is 7.97. The van der Waals surface area contributed by atoms with Crippen molar-refractivity contribution in [2.24, 2.45) is 5.73 Å². The summed E-state index contributed by atoms with van der Waals surface area (Å²) in [7, 11) is -7.26. The maximum atomic E-state index is 11.0. The van der Waals surface area contributed by atoms with Gasteiger partial charge >= 0.3 is 9.15 Å². The van der Waals surface area contributed by atoms with Crippen molar-refractivity contribution in [1.82, 2.24) is 0 Å². The van der Waals surface area contributed by atoms with E-state index >= 15 is 0 Å². The van der Waals surface area contributed by atoms with Gasteiger partial charge in [0.2, 0.25) is 0 Å². The van der Waals surface area contributed by atoms with Gasteiger partial charge in [0.25, 0.3) is 0 Å². The first-order valence-electron chi connectivity index (χ1n) is 3.31. The van der Waals surface area contributed by atoms with Crippen molar-refractivity contribution >= 4 is 29.8 Å². The number of rotatable bonds is 2. The molecular formula is C4H9NO5S3. The largest absolute Gasteiger partial charge is 0.326 e. The van der Waals surface area contributed by atoms with Crippen molar-refractivity contribution in [3.63, 3.8) is 0 Å². The molecule has 0 aromatic heterocycles. The van der Waals surface area contributed by atoms with Crippen molar-refractivity contribution in [3.05, 3.63) is 0 Å². The number of nitrogens with two attached hydrogens (primary N) is 1. The highest BCUT2D eigenvalue weighted by molar-refractivity contribution is 8.70. The van der Waals surface area contributed by atoms with Gasteiger partial charge in [-0.1, -0.05) is 0 Å². The van der Waals surface area contributed by atoms with E-state index in [0.717, 1.165) is 0 Å². The molecule has 2 unspecified atom stereocenters. The Bertz CT molecular complexity index is 384. The third-order valence-corrected chi connectivity index (χ3v) is 6.04. The molecule has 0 amide bonds. The smallest absolute Gasteiger partial charge is 0.320 e. The molecule has 1 rings (SSSR count). The van der Waals surface area contributed by atoms with E-state index in [0.29, 0.717) is 0 Å². The predicted molar refractivity (Wildman–Crippen MR) is 49.6 cm³/mol. The zero-order valence-corrected chi connectivity index (χ0v) is 8.90. The van der Waals surface area contributed by atoms with E-state index in [2.05, 4.69) is 0 Å². The third-order valence-electron chi connectivity index (χ3n) is 1.59. The lowest BCUT2D eigenvalue weighted by Crippen LogP contribution is -2.31. The first-order chi connectivity index (χ1) is 5.70. The summed E-state index contributed by atoms with van der Waals surface area (Å²) >= 11 is 0. The molecule has 0 radical (unpaired) electrons. The Labute approximate surface area is 79.9 Å². The highest BCUT2D eigenvalue weighted by atomic mass is 33.1. The molecule has 0 aromatic rings. The summed E-state index contributed by atoms with van der Waals surface area (Å²) in [6, 6.07) is -0.725. The second kappa shape index (κ2) is 3.39. The topological polar surface area (TPSA) is 115 Å².